The third kappa shape index (κ3) is 1.18. The molecule has 1 aliphatic heterocycles. The van der Waals surface area contributed by atoms with E-state index in [0.29, 0.717) is 12.0 Å². The molecule has 2 heterocycles. The van der Waals surface area contributed by atoms with Crippen LogP contribution in [0.4, 0.5) is 0 Å². The van der Waals surface area contributed by atoms with Crippen LogP contribution in [-0.4, -0.2) is 5.91 Å². The predicted octanol–water partition coefficient (Wildman–Crippen LogP) is 1.70. The Hall–Kier alpha value is -1.71. The van der Waals surface area contributed by atoms with Gasteiger partial charge in [0.05, 0.1) is 12.5 Å². The zero-order chi connectivity index (χ0) is 8.39. The molecular formula is C8H6N2O2. The van der Waals surface area contributed by atoms with Gasteiger partial charge in [-0.3, -0.25) is 4.79 Å². The SMILES string of the molecule is O=C1N=NC=C1Cc1ccco1. The highest BCUT2D eigenvalue weighted by molar-refractivity contribution is 5.95. The fourth-order valence-electron chi connectivity index (χ4n) is 0.993. The van der Waals surface area contributed by atoms with Gasteiger partial charge in [-0.15, -0.1) is 5.11 Å². The van der Waals surface area contributed by atoms with Crippen molar-refractivity contribution in [3.63, 3.8) is 0 Å². The molecule has 0 radical (unpaired) electrons. The number of rotatable bonds is 2. The molecule has 1 amide bonds. The number of hydrogen-bond donors (Lipinski definition) is 0. The largest absolute Gasteiger partial charge is 0.469 e. The molecule has 0 aromatic carbocycles. The molecule has 1 aromatic heterocycles. The molecule has 0 saturated heterocycles. The molecule has 0 bridgehead atoms. The van der Waals surface area contributed by atoms with Gasteiger partial charge in [0.1, 0.15) is 5.76 Å². The summed E-state index contributed by atoms with van der Waals surface area (Å²) in [6.07, 6.45) is 3.51. The Balaban J connectivity index is 2.11. The third-order valence-electron chi connectivity index (χ3n) is 1.58. The molecule has 0 unspecified atom stereocenters. The van der Waals surface area contributed by atoms with Crippen LogP contribution in [0, 0.1) is 0 Å². The molecule has 1 aromatic rings. The highest BCUT2D eigenvalue weighted by Crippen LogP contribution is 2.14. The quantitative estimate of drug-likeness (QED) is 0.664. The van der Waals surface area contributed by atoms with E-state index in [4.69, 9.17) is 4.42 Å². The Kier molecular flexibility index (Phi) is 1.59. The fourth-order valence-corrected chi connectivity index (χ4v) is 0.993. The van der Waals surface area contributed by atoms with Gasteiger partial charge in [-0.05, 0) is 12.1 Å². The average molecular weight is 162 g/mol. The number of azo groups is 1. The first-order chi connectivity index (χ1) is 5.86. The van der Waals surface area contributed by atoms with Crippen molar-refractivity contribution in [1.29, 1.82) is 0 Å². The summed E-state index contributed by atoms with van der Waals surface area (Å²) in [4.78, 5) is 10.9. The summed E-state index contributed by atoms with van der Waals surface area (Å²) in [6, 6.07) is 3.59. The van der Waals surface area contributed by atoms with Crippen LogP contribution in [0.1, 0.15) is 5.76 Å². The van der Waals surface area contributed by atoms with E-state index in [1.54, 1.807) is 12.3 Å². The zero-order valence-electron chi connectivity index (χ0n) is 6.23. The Morgan fingerprint density at radius 1 is 1.50 bits per heavy atom. The third-order valence-corrected chi connectivity index (χ3v) is 1.58. The van der Waals surface area contributed by atoms with Gasteiger partial charge < -0.3 is 4.42 Å². The minimum atomic E-state index is -0.272. The van der Waals surface area contributed by atoms with E-state index in [-0.39, 0.29) is 5.91 Å². The van der Waals surface area contributed by atoms with Crippen molar-refractivity contribution >= 4 is 5.91 Å². The molecule has 0 N–H and O–H groups in total. The average Bonchev–Trinajstić information content (AvgIpc) is 2.65. The maximum atomic E-state index is 10.9. The number of furan rings is 1. The smallest absolute Gasteiger partial charge is 0.293 e. The zero-order valence-corrected chi connectivity index (χ0v) is 6.23. The first kappa shape index (κ1) is 6.97. The molecule has 4 heteroatoms. The lowest BCUT2D eigenvalue weighted by Crippen LogP contribution is -1.97. The molecule has 0 aliphatic carbocycles. The van der Waals surface area contributed by atoms with Crippen LogP contribution >= 0.6 is 0 Å². The van der Waals surface area contributed by atoms with E-state index < -0.39 is 0 Å². The number of carbonyl (C=O) groups excluding carboxylic acids is 1. The van der Waals surface area contributed by atoms with E-state index in [0.717, 1.165) is 5.76 Å². The van der Waals surface area contributed by atoms with Crippen molar-refractivity contribution < 1.29 is 9.21 Å². The molecule has 2 rings (SSSR count). The topological polar surface area (TPSA) is 54.9 Å². The van der Waals surface area contributed by atoms with Gasteiger partial charge in [0.25, 0.3) is 5.91 Å². The monoisotopic (exact) mass is 162 g/mol. The minimum Gasteiger partial charge on any atom is -0.469 e. The minimum absolute atomic E-state index is 0.272. The van der Waals surface area contributed by atoms with Gasteiger partial charge in [-0.2, -0.15) is 5.11 Å². The Bertz CT molecular complexity index is 349. The van der Waals surface area contributed by atoms with Crippen LogP contribution in [0.3, 0.4) is 0 Å². The Labute approximate surface area is 68.6 Å². The summed E-state index contributed by atoms with van der Waals surface area (Å²) < 4.78 is 5.07. The molecule has 0 atom stereocenters. The molecule has 0 saturated carbocycles. The van der Waals surface area contributed by atoms with E-state index in [1.165, 1.54) is 6.20 Å². The maximum absolute atomic E-state index is 10.9. The van der Waals surface area contributed by atoms with Crippen molar-refractivity contribution in [2.45, 2.75) is 6.42 Å². The predicted molar refractivity (Wildman–Crippen MR) is 40.4 cm³/mol. The number of amides is 1. The first-order valence-corrected chi connectivity index (χ1v) is 3.53. The lowest BCUT2D eigenvalue weighted by atomic mass is 10.1. The van der Waals surface area contributed by atoms with Crippen molar-refractivity contribution in [3.05, 3.63) is 35.9 Å². The second-order valence-corrected chi connectivity index (χ2v) is 2.43. The standard InChI is InChI=1S/C8H6N2O2/c11-8-6(5-9-10-8)4-7-2-1-3-12-7/h1-3,5H,4H2. The highest BCUT2D eigenvalue weighted by atomic mass is 16.3. The second kappa shape index (κ2) is 2.73. The van der Waals surface area contributed by atoms with Gasteiger partial charge in [0, 0.05) is 12.0 Å². The number of carbonyl (C=O) groups is 1. The Morgan fingerprint density at radius 2 is 2.42 bits per heavy atom. The fraction of sp³-hybridized carbons (Fsp3) is 0.125. The maximum Gasteiger partial charge on any atom is 0.293 e. The van der Waals surface area contributed by atoms with Crippen molar-refractivity contribution in [2.24, 2.45) is 10.2 Å². The molecule has 0 fully saturated rings. The van der Waals surface area contributed by atoms with Gasteiger partial charge in [-0.25, -0.2) is 0 Å². The summed E-state index contributed by atoms with van der Waals surface area (Å²) in [5.41, 5.74) is 0.574. The molecule has 12 heavy (non-hydrogen) atoms. The number of nitrogens with zero attached hydrogens (tertiary/aromatic N) is 2. The second-order valence-electron chi connectivity index (χ2n) is 2.43. The van der Waals surface area contributed by atoms with Crippen molar-refractivity contribution in [2.75, 3.05) is 0 Å². The summed E-state index contributed by atoms with van der Waals surface area (Å²) in [5.74, 6) is 0.480. The van der Waals surface area contributed by atoms with E-state index in [1.807, 2.05) is 6.07 Å². The first-order valence-electron chi connectivity index (χ1n) is 3.53. The van der Waals surface area contributed by atoms with E-state index >= 15 is 0 Å². The van der Waals surface area contributed by atoms with Crippen LogP contribution in [0.2, 0.25) is 0 Å². The molecule has 4 nitrogen and oxygen atoms in total. The molecule has 60 valence electrons. The summed E-state index contributed by atoms with van der Waals surface area (Å²) in [6.45, 7) is 0. The van der Waals surface area contributed by atoms with E-state index in [9.17, 15) is 4.79 Å². The van der Waals surface area contributed by atoms with Crippen LogP contribution in [0.5, 0.6) is 0 Å². The lowest BCUT2D eigenvalue weighted by Gasteiger charge is -1.92. The summed E-state index contributed by atoms with van der Waals surface area (Å²) >= 11 is 0. The van der Waals surface area contributed by atoms with Crippen molar-refractivity contribution in [1.82, 2.24) is 0 Å². The van der Waals surface area contributed by atoms with Crippen LogP contribution in [0.25, 0.3) is 0 Å². The van der Waals surface area contributed by atoms with Crippen LogP contribution in [-0.2, 0) is 11.2 Å². The van der Waals surface area contributed by atoms with Crippen LogP contribution < -0.4 is 0 Å². The normalized spacial score (nSPS) is 15.3. The number of hydrogen-bond acceptors (Lipinski definition) is 3. The van der Waals surface area contributed by atoms with Gasteiger partial charge in [0.2, 0.25) is 0 Å². The Morgan fingerprint density at radius 3 is 3.00 bits per heavy atom. The van der Waals surface area contributed by atoms with Crippen LogP contribution in [0.15, 0.2) is 44.8 Å². The van der Waals surface area contributed by atoms with E-state index in [2.05, 4.69) is 10.2 Å². The molecule has 1 aliphatic rings. The van der Waals surface area contributed by atoms with Gasteiger partial charge in [0.15, 0.2) is 0 Å². The molecule has 0 spiro atoms. The summed E-state index contributed by atoms with van der Waals surface area (Å²) in [7, 11) is 0. The lowest BCUT2D eigenvalue weighted by molar-refractivity contribution is -0.114. The van der Waals surface area contributed by atoms with Gasteiger partial charge >= 0.3 is 0 Å². The summed E-state index contributed by atoms with van der Waals surface area (Å²) in [5, 5.41) is 6.85. The van der Waals surface area contributed by atoms with Gasteiger partial charge in [-0.1, -0.05) is 0 Å². The van der Waals surface area contributed by atoms with Crippen molar-refractivity contribution in [3.8, 4) is 0 Å². The molecular weight excluding hydrogens is 156 g/mol. The highest BCUT2D eigenvalue weighted by Gasteiger charge is 2.14.